The van der Waals surface area contributed by atoms with E-state index in [9.17, 15) is 19.5 Å². The van der Waals surface area contributed by atoms with Crippen LogP contribution in [0.25, 0.3) is 0 Å². The van der Waals surface area contributed by atoms with Gasteiger partial charge < -0.3 is 26.4 Å². The monoisotopic (exact) mass is 484 g/mol. The first-order chi connectivity index (χ1) is 15.0. The quantitative estimate of drug-likeness (QED) is 0.362. The largest absolute Gasteiger partial charge is 0.508 e. The SMILES string of the molecule is CC[C@H](C)[C@H](NC(=O)[C@H](Cc1ccc(O)cc1)NC(=O)[C@@H](N)C(C)C)C(=O)N(CC)CC.Cl. The molecular formula is C24H41ClN4O4. The molecule has 0 bridgehead atoms. The smallest absolute Gasteiger partial charge is 0.245 e. The van der Waals surface area contributed by atoms with E-state index in [2.05, 4.69) is 10.6 Å². The van der Waals surface area contributed by atoms with Crippen LogP contribution in [0.15, 0.2) is 24.3 Å². The van der Waals surface area contributed by atoms with Gasteiger partial charge in [-0.15, -0.1) is 12.4 Å². The van der Waals surface area contributed by atoms with Gasteiger partial charge in [-0.2, -0.15) is 0 Å². The Labute approximate surface area is 204 Å². The topological polar surface area (TPSA) is 125 Å². The van der Waals surface area contributed by atoms with Gasteiger partial charge in [0.05, 0.1) is 6.04 Å². The maximum atomic E-state index is 13.3. The maximum absolute atomic E-state index is 13.3. The molecule has 8 nitrogen and oxygen atoms in total. The number of hydrogen-bond acceptors (Lipinski definition) is 5. The average Bonchev–Trinajstić information content (AvgIpc) is 2.77. The molecule has 0 aliphatic rings. The van der Waals surface area contributed by atoms with Gasteiger partial charge in [-0.1, -0.05) is 46.2 Å². The number of phenols is 1. The van der Waals surface area contributed by atoms with Crippen LogP contribution < -0.4 is 16.4 Å². The second-order valence-corrected chi connectivity index (χ2v) is 8.58. The second kappa shape index (κ2) is 14.8. The van der Waals surface area contributed by atoms with Crippen molar-refractivity contribution in [2.75, 3.05) is 13.1 Å². The van der Waals surface area contributed by atoms with E-state index in [1.807, 2.05) is 41.5 Å². The molecule has 1 rings (SSSR count). The fourth-order valence-corrected chi connectivity index (χ4v) is 3.32. The van der Waals surface area contributed by atoms with Crippen LogP contribution in [-0.2, 0) is 20.8 Å². The number of amides is 3. The van der Waals surface area contributed by atoms with Crippen molar-refractivity contribution in [1.82, 2.24) is 15.5 Å². The van der Waals surface area contributed by atoms with Gasteiger partial charge in [0.1, 0.15) is 17.8 Å². The normalized spacial score (nSPS) is 14.4. The molecule has 1 aromatic carbocycles. The molecule has 3 amide bonds. The third-order valence-corrected chi connectivity index (χ3v) is 5.88. The third kappa shape index (κ3) is 9.21. The van der Waals surface area contributed by atoms with E-state index in [-0.39, 0.29) is 42.3 Å². The lowest BCUT2D eigenvalue weighted by Gasteiger charge is -2.31. The summed E-state index contributed by atoms with van der Waals surface area (Å²) in [6, 6.07) is 4.08. The number of carbonyl (C=O) groups is 3. The van der Waals surface area contributed by atoms with E-state index in [1.165, 1.54) is 12.1 Å². The third-order valence-electron chi connectivity index (χ3n) is 5.88. The van der Waals surface area contributed by atoms with Crippen molar-refractivity contribution < 1.29 is 19.5 Å². The lowest BCUT2D eigenvalue weighted by molar-refractivity contribution is -0.138. The van der Waals surface area contributed by atoms with Crippen molar-refractivity contribution in [3.63, 3.8) is 0 Å². The number of benzene rings is 1. The van der Waals surface area contributed by atoms with Crippen LogP contribution in [0.2, 0.25) is 0 Å². The highest BCUT2D eigenvalue weighted by Gasteiger charge is 2.32. The summed E-state index contributed by atoms with van der Waals surface area (Å²) in [7, 11) is 0. The van der Waals surface area contributed by atoms with Crippen LogP contribution in [-0.4, -0.2) is 58.9 Å². The first kappa shape index (κ1) is 30.7. The molecule has 0 saturated heterocycles. The zero-order valence-electron chi connectivity index (χ0n) is 20.6. The van der Waals surface area contributed by atoms with Crippen LogP contribution in [0.3, 0.4) is 0 Å². The molecule has 0 unspecified atom stereocenters. The van der Waals surface area contributed by atoms with Gasteiger partial charge in [0.25, 0.3) is 0 Å². The zero-order chi connectivity index (χ0) is 24.4. The van der Waals surface area contributed by atoms with Crippen LogP contribution in [0.4, 0.5) is 0 Å². The van der Waals surface area contributed by atoms with Crippen molar-refractivity contribution in [1.29, 1.82) is 0 Å². The van der Waals surface area contributed by atoms with Crippen LogP contribution >= 0.6 is 12.4 Å². The molecule has 0 aliphatic heterocycles. The Morgan fingerprint density at radius 3 is 1.97 bits per heavy atom. The lowest BCUT2D eigenvalue weighted by atomic mass is 9.96. The van der Waals surface area contributed by atoms with Crippen molar-refractivity contribution in [2.45, 2.75) is 72.5 Å². The van der Waals surface area contributed by atoms with Crippen molar-refractivity contribution in [3.8, 4) is 5.75 Å². The Balaban J connectivity index is 0.0000102. The second-order valence-electron chi connectivity index (χ2n) is 8.58. The number of phenolic OH excluding ortho intramolecular Hbond substituents is 1. The predicted octanol–water partition coefficient (Wildman–Crippen LogP) is 2.22. The first-order valence-corrected chi connectivity index (χ1v) is 11.5. The number of likely N-dealkylation sites (N-methyl/N-ethyl adjacent to an activating group) is 1. The summed E-state index contributed by atoms with van der Waals surface area (Å²) in [4.78, 5) is 40.7. The molecule has 0 aromatic heterocycles. The molecule has 0 fully saturated rings. The van der Waals surface area contributed by atoms with Crippen LogP contribution in [0.1, 0.15) is 53.5 Å². The number of halogens is 1. The molecule has 0 saturated carbocycles. The molecule has 5 N–H and O–H groups in total. The molecule has 0 spiro atoms. The van der Waals surface area contributed by atoms with Crippen molar-refractivity contribution in [2.24, 2.45) is 17.6 Å². The van der Waals surface area contributed by atoms with Gasteiger partial charge in [-0.25, -0.2) is 0 Å². The summed E-state index contributed by atoms with van der Waals surface area (Å²) in [5, 5.41) is 15.2. The minimum absolute atomic E-state index is 0. The maximum Gasteiger partial charge on any atom is 0.245 e. The Hall–Kier alpha value is -2.32. The number of nitrogens with two attached hydrogens (primary N) is 1. The Morgan fingerprint density at radius 2 is 1.52 bits per heavy atom. The number of rotatable bonds is 12. The fourth-order valence-electron chi connectivity index (χ4n) is 3.32. The van der Waals surface area contributed by atoms with Gasteiger partial charge in [0.15, 0.2) is 0 Å². The number of nitrogens with one attached hydrogen (secondary N) is 2. The van der Waals surface area contributed by atoms with E-state index in [4.69, 9.17) is 5.73 Å². The molecule has 0 aliphatic carbocycles. The lowest BCUT2D eigenvalue weighted by Crippen LogP contribution is -2.58. The summed E-state index contributed by atoms with van der Waals surface area (Å²) in [5.74, 6) is -1.05. The predicted molar refractivity (Wildman–Crippen MR) is 133 cm³/mol. The van der Waals surface area contributed by atoms with Crippen molar-refractivity contribution >= 4 is 30.1 Å². The number of carbonyl (C=O) groups excluding carboxylic acids is 3. The Bertz CT molecular complexity index is 753. The molecular weight excluding hydrogens is 444 g/mol. The summed E-state index contributed by atoms with van der Waals surface area (Å²) in [5.41, 5.74) is 6.74. The van der Waals surface area contributed by atoms with Crippen LogP contribution in [0.5, 0.6) is 5.75 Å². The van der Waals surface area contributed by atoms with Gasteiger partial charge in [-0.3, -0.25) is 14.4 Å². The van der Waals surface area contributed by atoms with Gasteiger partial charge in [-0.05, 0) is 43.4 Å². The summed E-state index contributed by atoms with van der Waals surface area (Å²) < 4.78 is 0. The highest BCUT2D eigenvalue weighted by atomic mass is 35.5. The zero-order valence-corrected chi connectivity index (χ0v) is 21.4. The van der Waals surface area contributed by atoms with Gasteiger partial charge in [0.2, 0.25) is 17.7 Å². The minimum atomic E-state index is -0.909. The molecule has 9 heteroatoms. The van der Waals surface area contributed by atoms with E-state index < -0.39 is 29.9 Å². The summed E-state index contributed by atoms with van der Waals surface area (Å²) in [6.45, 7) is 12.5. The summed E-state index contributed by atoms with van der Waals surface area (Å²) in [6.07, 6.45) is 0.917. The number of aromatic hydroxyl groups is 1. The molecule has 0 radical (unpaired) electrons. The van der Waals surface area contributed by atoms with Gasteiger partial charge in [0, 0.05) is 19.5 Å². The fraction of sp³-hybridized carbons (Fsp3) is 0.625. The standard InChI is InChI=1S/C24H40N4O4.ClH/c1-7-16(6)21(24(32)28(8-2)9-3)27-22(30)19(26-23(31)20(25)15(4)5)14-17-10-12-18(29)13-11-17;/h10-13,15-16,19-21,29H,7-9,14,25H2,1-6H3,(H,26,31)(H,27,30);1H/t16-,19-,20-,21-;/m0./s1. The van der Waals surface area contributed by atoms with E-state index in [1.54, 1.807) is 17.0 Å². The summed E-state index contributed by atoms with van der Waals surface area (Å²) >= 11 is 0. The van der Waals surface area contributed by atoms with Crippen LogP contribution in [0, 0.1) is 11.8 Å². The number of nitrogens with zero attached hydrogens (tertiary/aromatic N) is 1. The van der Waals surface area contributed by atoms with E-state index >= 15 is 0 Å². The molecule has 33 heavy (non-hydrogen) atoms. The molecule has 1 aromatic rings. The van der Waals surface area contributed by atoms with E-state index in [0.29, 0.717) is 19.5 Å². The molecule has 4 atom stereocenters. The Kier molecular flexibility index (Phi) is 13.7. The minimum Gasteiger partial charge on any atom is -0.508 e. The Morgan fingerprint density at radius 1 is 0.970 bits per heavy atom. The van der Waals surface area contributed by atoms with Crippen molar-refractivity contribution in [3.05, 3.63) is 29.8 Å². The molecule has 0 heterocycles. The highest BCUT2D eigenvalue weighted by molar-refractivity contribution is 5.93. The first-order valence-electron chi connectivity index (χ1n) is 11.5. The highest BCUT2D eigenvalue weighted by Crippen LogP contribution is 2.14. The molecule has 188 valence electrons. The van der Waals surface area contributed by atoms with E-state index in [0.717, 1.165) is 5.56 Å². The number of hydrogen-bond donors (Lipinski definition) is 4. The van der Waals surface area contributed by atoms with Gasteiger partial charge >= 0.3 is 0 Å². The average molecular weight is 485 g/mol.